The highest BCUT2D eigenvalue weighted by atomic mass is 35.5. The zero-order valence-electron chi connectivity index (χ0n) is 33.0. The van der Waals surface area contributed by atoms with Crippen molar-refractivity contribution in [3.63, 3.8) is 0 Å². The Balaban J connectivity index is 1.31. The fourth-order valence-electron chi connectivity index (χ4n) is 5.92. The molecule has 2 unspecified atom stereocenters. The van der Waals surface area contributed by atoms with E-state index in [-0.39, 0.29) is 32.5 Å². The fraction of sp³-hybridized carbons (Fsp3) is 0.182. The van der Waals surface area contributed by atoms with E-state index in [4.69, 9.17) is 23.2 Å². The second kappa shape index (κ2) is 20.7. The number of ketones is 2. The van der Waals surface area contributed by atoms with Gasteiger partial charge in [0.1, 0.15) is 11.4 Å². The molecule has 14 nitrogen and oxygen atoms in total. The van der Waals surface area contributed by atoms with Crippen LogP contribution in [0.3, 0.4) is 0 Å². The lowest BCUT2D eigenvalue weighted by Gasteiger charge is -2.20. The summed E-state index contributed by atoms with van der Waals surface area (Å²) in [6.07, 6.45) is 0.815. The number of hydrogen-bond donors (Lipinski definition) is 4. The van der Waals surface area contributed by atoms with Crippen LogP contribution in [0.15, 0.2) is 130 Å². The quantitative estimate of drug-likeness (QED) is 0.0562. The number of nitrogens with zero attached hydrogens (tertiary/aromatic N) is 4. The number of carbonyl (C=O) groups is 6. The Morgan fingerprint density at radius 2 is 0.883 bits per heavy atom. The molecule has 60 heavy (non-hydrogen) atoms. The Labute approximate surface area is 355 Å². The average Bonchev–Trinajstić information content (AvgIpc) is 3.22. The molecule has 0 aliphatic rings. The number of anilines is 4. The lowest BCUT2D eigenvalue weighted by atomic mass is 9.98. The number of nitrogens with one attached hydrogen (secondary N) is 4. The van der Waals surface area contributed by atoms with E-state index in [0.29, 0.717) is 46.7 Å². The van der Waals surface area contributed by atoms with Gasteiger partial charge in [-0.1, -0.05) is 73.4 Å². The zero-order chi connectivity index (χ0) is 43.3. The second-order valence-corrected chi connectivity index (χ2v) is 14.0. The van der Waals surface area contributed by atoms with Gasteiger partial charge in [0.25, 0.3) is 23.6 Å². The number of rotatable bonds is 16. The number of carbonyl (C=O) groups excluding carboxylic acids is 6. The maximum absolute atomic E-state index is 13.5. The Morgan fingerprint density at radius 1 is 0.517 bits per heavy atom. The average molecular weight is 848 g/mol. The highest BCUT2D eigenvalue weighted by Gasteiger charge is 2.27. The SMILES string of the molecule is CCc1c(NC(=O)C(N=Nc2cc(C(=O)Nc3ccccc3)ccc2Cl)C(C)=O)ccc(NC(=O)C(N=Nc2cc(C(=O)Nc3ccccc3)ccc2Cl)C(C)=O)c1CC. The maximum atomic E-state index is 13.5. The van der Waals surface area contributed by atoms with Crippen LogP contribution in [0.4, 0.5) is 34.1 Å². The molecule has 0 bridgehead atoms. The highest BCUT2D eigenvalue weighted by Crippen LogP contribution is 2.31. The molecule has 4 amide bonds. The molecular weight excluding hydrogens is 807 g/mol. The predicted octanol–water partition coefficient (Wildman–Crippen LogP) is 9.98. The molecule has 16 heteroatoms. The minimum atomic E-state index is -1.56. The lowest BCUT2D eigenvalue weighted by molar-refractivity contribution is -0.127. The number of halogens is 2. The van der Waals surface area contributed by atoms with Gasteiger partial charge in [-0.15, -0.1) is 0 Å². The van der Waals surface area contributed by atoms with E-state index in [1.165, 1.54) is 50.2 Å². The zero-order valence-corrected chi connectivity index (χ0v) is 34.5. The predicted molar refractivity (Wildman–Crippen MR) is 232 cm³/mol. The molecule has 4 N–H and O–H groups in total. The molecule has 0 saturated heterocycles. The van der Waals surface area contributed by atoms with Crippen molar-refractivity contribution in [1.29, 1.82) is 0 Å². The Hall–Kier alpha value is -6.90. The smallest absolute Gasteiger partial charge is 0.258 e. The van der Waals surface area contributed by atoms with E-state index in [2.05, 4.69) is 41.7 Å². The van der Waals surface area contributed by atoms with Gasteiger partial charge in [0.15, 0.2) is 11.6 Å². The first-order valence-corrected chi connectivity index (χ1v) is 19.5. The number of Topliss-reactive ketones (excluding diaryl/α,β-unsaturated/α-hetero) is 2. The molecule has 0 spiro atoms. The van der Waals surface area contributed by atoms with Crippen LogP contribution in [0.2, 0.25) is 10.0 Å². The molecule has 5 aromatic rings. The summed E-state index contributed by atoms with van der Waals surface area (Å²) in [7, 11) is 0. The van der Waals surface area contributed by atoms with Gasteiger partial charge in [-0.2, -0.15) is 20.5 Å². The third-order valence-corrected chi connectivity index (χ3v) is 9.60. The van der Waals surface area contributed by atoms with Gasteiger partial charge < -0.3 is 21.3 Å². The molecule has 0 fully saturated rings. The molecule has 2 atom stereocenters. The minimum Gasteiger partial charge on any atom is -0.323 e. The maximum Gasteiger partial charge on any atom is 0.258 e. The molecule has 0 saturated carbocycles. The molecule has 0 heterocycles. The third kappa shape index (κ3) is 11.4. The highest BCUT2D eigenvalue weighted by molar-refractivity contribution is 6.33. The molecule has 5 aromatic carbocycles. The first-order chi connectivity index (χ1) is 28.8. The van der Waals surface area contributed by atoms with Crippen molar-refractivity contribution in [2.45, 2.75) is 52.6 Å². The summed E-state index contributed by atoms with van der Waals surface area (Å²) < 4.78 is 0. The summed E-state index contributed by atoms with van der Waals surface area (Å²) in [6, 6.07) is 26.4. The second-order valence-electron chi connectivity index (χ2n) is 13.2. The Bertz CT molecular complexity index is 2320. The van der Waals surface area contributed by atoms with Crippen LogP contribution in [0.5, 0.6) is 0 Å². The van der Waals surface area contributed by atoms with Gasteiger partial charge in [-0.3, -0.25) is 28.8 Å². The van der Waals surface area contributed by atoms with Gasteiger partial charge >= 0.3 is 0 Å². The summed E-state index contributed by atoms with van der Waals surface area (Å²) in [5.74, 6) is -3.59. The fourth-order valence-corrected chi connectivity index (χ4v) is 6.23. The van der Waals surface area contributed by atoms with Gasteiger partial charge in [0, 0.05) is 33.9 Å². The minimum absolute atomic E-state index is 0.0743. The van der Waals surface area contributed by atoms with Crippen molar-refractivity contribution in [3.05, 3.63) is 141 Å². The van der Waals surface area contributed by atoms with Crippen LogP contribution < -0.4 is 21.3 Å². The molecule has 0 aliphatic carbocycles. The van der Waals surface area contributed by atoms with Crippen molar-refractivity contribution in [3.8, 4) is 0 Å². The van der Waals surface area contributed by atoms with E-state index >= 15 is 0 Å². The Morgan fingerprint density at radius 3 is 1.22 bits per heavy atom. The summed E-state index contributed by atoms with van der Waals surface area (Å²) in [5, 5.41) is 27.5. The van der Waals surface area contributed by atoms with Crippen LogP contribution in [-0.2, 0) is 32.0 Å². The van der Waals surface area contributed by atoms with Gasteiger partial charge in [-0.25, -0.2) is 0 Å². The van der Waals surface area contributed by atoms with Crippen LogP contribution in [0.1, 0.15) is 59.5 Å². The summed E-state index contributed by atoms with van der Waals surface area (Å²) in [6.45, 7) is 6.10. The lowest BCUT2D eigenvalue weighted by Crippen LogP contribution is -2.33. The van der Waals surface area contributed by atoms with Gasteiger partial charge in [-0.05, 0) is 111 Å². The van der Waals surface area contributed by atoms with Crippen molar-refractivity contribution in [2.75, 3.05) is 21.3 Å². The normalized spacial score (nSPS) is 12.1. The largest absolute Gasteiger partial charge is 0.323 e. The Kier molecular flexibility index (Phi) is 15.2. The van der Waals surface area contributed by atoms with E-state index in [1.807, 2.05) is 26.0 Å². The van der Waals surface area contributed by atoms with Crippen molar-refractivity contribution in [2.24, 2.45) is 20.5 Å². The number of benzene rings is 5. The molecule has 306 valence electrons. The third-order valence-electron chi connectivity index (χ3n) is 8.96. The van der Waals surface area contributed by atoms with Crippen molar-refractivity contribution < 1.29 is 28.8 Å². The first-order valence-electron chi connectivity index (χ1n) is 18.7. The van der Waals surface area contributed by atoms with Crippen molar-refractivity contribution in [1.82, 2.24) is 0 Å². The molecule has 0 aliphatic heterocycles. The summed E-state index contributed by atoms with van der Waals surface area (Å²) >= 11 is 12.7. The van der Waals surface area contributed by atoms with E-state index in [9.17, 15) is 28.8 Å². The van der Waals surface area contributed by atoms with Crippen LogP contribution in [0.25, 0.3) is 0 Å². The van der Waals surface area contributed by atoms with E-state index in [0.717, 1.165) is 0 Å². The van der Waals surface area contributed by atoms with Crippen LogP contribution >= 0.6 is 23.2 Å². The number of para-hydroxylation sites is 2. The van der Waals surface area contributed by atoms with Gasteiger partial charge in [0.05, 0.1) is 10.0 Å². The molecule has 5 rings (SSSR count). The van der Waals surface area contributed by atoms with E-state index in [1.54, 1.807) is 60.7 Å². The van der Waals surface area contributed by atoms with Crippen LogP contribution in [0, 0.1) is 0 Å². The number of azo groups is 2. The summed E-state index contributed by atoms with van der Waals surface area (Å²) in [4.78, 5) is 78.2. The molecule has 0 radical (unpaired) electrons. The molecular formula is C44H40Cl2N8O6. The van der Waals surface area contributed by atoms with Gasteiger partial charge in [0.2, 0.25) is 12.1 Å². The first kappa shape index (κ1) is 44.2. The summed E-state index contributed by atoms with van der Waals surface area (Å²) in [5.41, 5.74) is 3.81. The monoisotopic (exact) mass is 846 g/mol. The topological polar surface area (TPSA) is 200 Å². The van der Waals surface area contributed by atoms with E-state index < -0.39 is 47.3 Å². The molecule has 0 aromatic heterocycles. The van der Waals surface area contributed by atoms with Crippen molar-refractivity contribution >= 4 is 92.5 Å². The number of amides is 4. The standard InChI is InChI=1S/C44H40Cl2N8O6/c1-5-31-32(6-2)36(50-44(60)40(26(4)56)54-52-38-24-28(18-20-34(38)46)42(58)48-30-15-11-8-12-16-30)22-21-35(31)49-43(59)39(25(3)55)53-51-37-23-27(17-19-33(37)45)41(57)47-29-13-9-7-10-14-29/h7-24,39-40H,5-6H2,1-4H3,(H,47,57)(H,48,58)(H,49,59)(H,50,60). The number of hydrogen-bond acceptors (Lipinski definition) is 10. The van der Waals surface area contributed by atoms with Crippen LogP contribution in [-0.4, -0.2) is 47.3 Å².